The first-order chi connectivity index (χ1) is 18.9. The number of piperidine rings is 1. The molecule has 5 rings (SSSR count). The zero-order chi connectivity index (χ0) is 27.5. The van der Waals surface area contributed by atoms with Gasteiger partial charge in [-0.15, -0.1) is 0 Å². The standard InChI is InChI=1S/C29H35ClFN5O3/c1-35(2)29(37)24-9-4-5-14-36(24)18-10-12-19(13-11-18)39-26-15-20-23(16-25(26)38-3)32-17-33-28(20)34-22-8-6-7-21(30)27(22)31/h6-8,15-19,24H,4-5,9-14H2,1-3H3,(H,32,33,34)/t18-,19-,24-/m1/s1. The van der Waals surface area contributed by atoms with Crippen LogP contribution in [0.2, 0.25) is 5.02 Å². The topological polar surface area (TPSA) is 79.8 Å². The molecule has 10 heteroatoms. The molecule has 0 radical (unpaired) electrons. The lowest BCUT2D eigenvalue weighted by molar-refractivity contribution is -0.137. The number of hydrogen-bond donors (Lipinski definition) is 1. The number of hydrogen-bond acceptors (Lipinski definition) is 7. The minimum atomic E-state index is -0.545. The van der Waals surface area contributed by atoms with E-state index in [9.17, 15) is 9.18 Å². The number of benzene rings is 2. The summed E-state index contributed by atoms with van der Waals surface area (Å²) in [7, 11) is 5.29. The van der Waals surface area contributed by atoms with Gasteiger partial charge in [0.1, 0.15) is 12.1 Å². The van der Waals surface area contributed by atoms with E-state index in [1.54, 1.807) is 24.1 Å². The smallest absolute Gasteiger partial charge is 0.239 e. The Morgan fingerprint density at radius 2 is 1.90 bits per heavy atom. The molecular weight excluding hydrogens is 521 g/mol. The number of carbonyl (C=O) groups excluding carboxylic acids is 1. The lowest BCUT2D eigenvalue weighted by atomic mass is 9.88. The molecule has 1 saturated carbocycles. The van der Waals surface area contributed by atoms with Crippen LogP contribution in [0.25, 0.3) is 10.9 Å². The number of halogens is 2. The molecule has 39 heavy (non-hydrogen) atoms. The molecule has 1 saturated heterocycles. The van der Waals surface area contributed by atoms with Crippen LogP contribution in [0.4, 0.5) is 15.9 Å². The minimum absolute atomic E-state index is 0.0202. The van der Waals surface area contributed by atoms with Crippen molar-refractivity contribution < 1.29 is 18.7 Å². The molecule has 1 aliphatic heterocycles. The number of rotatable bonds is 7. The quantitative estimate of drug-likeness (QED) is 0.394. The second-order valence-electron chi connectivity index (χ2n) is 10.5. The number of likely N-dealkylation sites (tertiary alicyclic amines) is 1. The summed E-state index contributed by atoms with van der Waals surface area (Å²) < 4.78 is 26.7. The molecule has 208 valence electrons. The number of fused-ring (bicyclic) bond motifs is 1. The average molecular weight is 556 g/mol. The van der Waals surface area contributed by atoms with Crippen LogP contribution in [-0.2, 0) is 4.79 Å². The number of carbonyl (C=O) groups is 1. The lowest BCUT2D eigenvalue weighted by Gasteiger charge is -2.43. The molecule has 2 aliphatic rings. The molecule has 0 spiro atoms. The van der Waals surface area contributed by atoms with Crippen LogP contribution >= 0.6 is 11.6 Å². The van der Waals surface area contributed by atoms with Crippen molar-refractivity contribution >= 4 is 39.9 Å². The number of amides is 1. The number of nitrogens with zero attached hydrogens (tertiary/aromatic N) is 4. The van der Waals surface area contributed by atoms with Crippen molar-refractivity contribution in [1.29, 1.82) is 0 Å². The van der Waals surface area contributed by atoms with Crippen LogP contribution in [0, 0.1) is 5.82 Å². The fraction of sp³-hybridized carbons (Fsp3) is 0.483. The summed E-state index contributed by atoms with van der Waals surface area (Å²) in [5, 5.41) is 3.75. The van der Waals surface area contributed by atoms with Crippen molar-refractivity contribution in [2.24, 2.45) is 0 Å². The number of anilines is 2. The normalized spacial score (nSPS) is 21.9. The zero-order valence-electron chi connectivity index (χ0n) is 22.6. The molecule has 1 aliphatic carbocycles. The summed E-state index contributed by atoms with van der Waals surface area (Å²) in [6.45, 7) is 0.974. The third-order valence-corrected chi connectivity index (χ3v) is 8.09. The van der Waals surface area contributed by atoms with E-state index in [4.69, 9.17) is 21.1 Å². The Kier molecular flexibility index (Phi) is 8.37. The van der Waals surface area contributed by atoms with Gasteiger partial charge in [-0.3, -0.25) is 9.69 Å². The van der Waals surface area contributed by atoms with Crippen molar-refractivity contribution in [3.8, 4) is 11.5 Å². The maximum atomic E-state index is 14.6. The Morgan fingerprint density at radius 1 is 1.10 bits per heavy atom. The molecule has 2 heterocycles. The summed E-state index contributed by atoms with van der Waals surface area (Å²) in [5.41, 5.74) is 0.868. The summed E-state index contributed by atoms with van der Waals surface area (Å²) in [4.78, 5) is 25.7. The van der Waals surface area contributed by atoms with Crippen LogP contribution in [-0.4, -0.2) is 71.6 Å². The van der Waals surface area contributed by atoms with Gasteiger partial charge in [0, 0.05) is 31.6 Å². The summed E-state index contributed by atoms with van der Waals surface area (Å²) in [6, 6.07) is 8.80. The molecule has 1 aromatic heterocycles. The first kappa shape index (κ1) is 27.4. The van der Waals surface area contributed by atoms with E-state index in [0.717, 1.165) is 51.5 Å². The van der Waals surface area contributed by atoms with Crippen molar-refractivity contribution in [2.75, 3.05) is 33.1 Å². The predicted molar refractivity (Wildman–Crippen MR) is 150 cm³/mol. The molecule has 0 unspecified atom stereocenters. The third-order valence-electron chi connectivity index (χ3n) is 7.80. The first-order valence-corrected chi connectivity index (χ1v) is 13.9. The largest absolute Gasteiger partial charge is 0.493 e. The van der Waals surface area contributed by atoms with E-state index in [-0.39, 0.29) is 28.8 Å². The first-order valence-electron chi connectivity index (χ1n) is 13.5. The van der Waals surface area contributed by atoms with Gasteiger partial charge in [0.05, 0.1) is 35.5 Å². The van der Waals surface area contributed by atoms with Gasteiger partial charge in [0.2, 0.25) is 5.91 Å². The fourth-order valence-corrected chi connectivity index (χ4v) is 5.95. The van der Waals surface area contributed by atoms with Gasteiger partial charge in [-0.25, -0.2) is 14.4 Å². The van der Waals surface area contributed by atoms with Gasteiger partial charge in [-0.1, -0.05) is 24.1 Å². The van der Waals surface area contributed by atoms with Gasteiger partial charge >= 0.3 is 0 Å². The van der Waals surface area contributed by atoms with Crippen molar-refractivity contribution in [3.63, 3.8) is 0 Å². The molecule has 1 amide bonds. The van der Waals surface area contributed by atoms with Crippen molar-refractivity contribution in [1.82, 2.24) is 19.8 Å². The number of aromatic nitrogens is 2. The van der Waals surface area contributed by atoms with Gasteiger partial charge in [0.15, 0.2) is 17.3 Å². The lowest BCUT2D eigenvalue weighted by Crippen LogP contribution is -2.54. The molecule has 2 fully saturated rings. The molecular formula is C29H35ClFN5O3. The Hall–Kier alpha value is -3.17. The number of methoxy groups -OCH3 is 1. The van der Waals surface area contributed by atoms with E-state index in [1.807, 2.05) is 26.2 Å². The van der Waals surface area contributed by atoms with Gasteiger partial charge in [-0.2, -0.15) is 0 Å². The molecule has 1 N–H and O–H groups in total. The van der Waals surface area contributed by atoms with Crippen LogP contribution in [0.1, 0.15) is 44.9 Å². The summed E-state index contributed by atoms with van der Waals surface area (Å²) in [6.07, 6.45) is 8.33. The van der Waals surface area contributed by atoms with E-state index in [1.165, 1.54) is 12.4 Å². The fourth-order valence-electron chi connectivity index (χ4n) is 5.77. The minimum Gasteiger partial charge on any atom is -0.493 e. The molecule has 0 bridgehead atoms. The van der Waals surface area contributed by atoms with Gasteiger partial charge in [-0.05, 0) is 63.3 Å². The number of ether oxygens (including phenoxy) is 2. The van der Waals surface area contributed by atoms with Crippen LogP contribution in [0.5, 0.6) is 11.5 Å². The van der Waals surface area contributed by atoms with Crippen LogP contribution < -0.4 is 14.8 Å². The second-order valence-corrected chi connectivity index (χ2v) is 10.9. The molecule has 3 aromatic rings. The monoisotopic (exact) mass is 555 g/mol. The maximum absolute atomic E-state index is 14.6. The highest BCUT2D eigenvalue weighted by Gasteiger charge is 2.36. The molecule has 1 atom stereocenters. The van der Waals surface area contributed by atoms with Gasteiger partial charge in [0.25, 0.3) is 0 Å². The van der Waals surface area contributed by atoms with Crippen molar-refractivity contribution in [3.05, 3.63) is 47.5 Å². The third kappa shape index (κ3) is 5.89. The molecule has 8 nitrogen and oxygen atoms in total. The van der Waals surface area contributed by atoms with Crippen LogP contribution in [0.3, 0.4) is 0 Å². The Morgan fingerprint density at radius 3 is 2.64 bits per heavy atom. The highest BCUT2D eigenvalue weighted by Crippen LogP contribution is 2.38. The predicted octanol–water partition coefficient (Wildman–Crippen LogP) is 5.81. The van der Waals surface area contributed by atoms with Gasteiger partial charge < -0.3 is 19.7 Å². The maximum Gasteiger partial charge on any atom is 0.239 e. The van der Waals surface area contributed by atoms with E-state index in [2.05, 4.69) is 20.2 Å². The second kappa shape index (κ2) is 11.9. The molecule has 2 aromatic carbocycles. The summed E-state index contributed by atoms with van der Waals surface area (Å²) >= 11 is 5.96. The Labute approximate surface area is 233 Å². The Bertz CT molecular complexity index is 1330. The summed E-state index contributed by atoms with van der Waals surface area (Å²) in [5.74, 6) is 1.28. The number of nitrogens with one attached hydrogen (secondary N) is 1. The SMILES string of the molecule is COc1cc2ncnc(Nc3cccc(Cl)c3F)c2cc1O[C@H]1CC[C@H](N2CCCC[C@@H]2C(=O)N(C)C)CC1. The number of likely N-dealkylation sites (N-methyl/N-ethyl adjacent to an activating group) is 1. The zero-order valence-corrected chi connectivity index (χ0v) is 23.4. The van der Waals surface area contributed by atoms with Crippen molar-refractivity contribution in [2.45, 2.75) is 63.1 Å². The van der Waals surface area contributed by atoms with E-state index >= 15 is 0 Å². The van der Waals surface area contributed by atoms with E-state index in [0.29, 0.717) is 34.3 Å². The van der Waals surface area contributed by atoms with E-state index < -0.39 is 5.82 Å². The highest BCUT2D eigenvalue weighted by atomic mass is 35.5. The highest BCUT2D eigenvalue weighted by molar-refractivity contribution is 6.31. The Balaban J connectivity index is 1.32. The average Bonchev–Trinajstić information content (AvgIpc) is 2.95. The van der Waals surface area contributed by atoms with Crippen LogP contribution in [0.15, 0.2) is 36.7 Å².